The van der Waals surface area contributed by atoms with Crippen LogP contribution >= 0.6 is 0 Å². The minimum absolute atomic E-state index is 0.287. The lowest BCUT2D eigenvalue weighted by molar-refractivity contribution is -0.118. The smallest absolute Gasteiger partial charge is 0.230 e. The first-order valence-corrected chi connectivity index (χ1v) is 6.15. The van der Waals surface area contributed by atoms with Crippen LogP contribution < -0.4 is 5.73 Å². The van der Waals surface area contributed by atoms with E-state index in [4.69, 9.17) is 5.73 Å². The number of aromatic nitrogens is 1. The van der Waals surface area contributed by atoms with E-state index in [0.29, 0.717) is 0 Å². The van der Waals surface area contributed by atoms with Gasteiger partial charge in [0.15, 0.2) is 0 Å². The molecule has 1 atom stereocenters. The molecule has 1 aromatic heterocycles. The second-order valence-corrected chi connectivity index (χ2v) is 4.74. The first kappa shape index (κ1) is 10.4. The minimum Gasteiger partial charge on any atom is -0.369 e. The quantitative estimate of drug-likeness (QED) is 0.759. The van der Waals surface area contributed by atoms with E-state index >= 15 is 0 Å². The first-order chi connectivity index (χ1) is 8.27. The van der Waals surface area contributed by atoms with E-state index in [1.165, 1.54) is 29.7 Å². The van der Waals surface area contributed by atoms with Gasteiger partial charge in [-0.3, -0.25) is 4.79 Å². The van der Waals surface area contributed by atoms with Gasteiger partial charge in [0.25, 0.3) is 0 Å². The van der Waals surface area contributed by atoms with Crippen molar-refractivity contribution in [3.05, 3.63) is 40.7 Å². The number of fused-ring (bicyclic) bond motifs is 3. The first-order valence-electron chi connectivity index (χ1n) is 6.15. The summed E-state index contributed by atoms with van der Waals surface area (Å²) < 4.78 is 0. The Labute approximate surface area is 100 Å². The van der Waals surface area contributed by atoms with Crippen molar-refractivity contribution < 1.29 is 4.79 Å². The molecule has 1 amide bonds. The number of aryl methyl sites for hydroxylation is 1. The molecule has 3 rings (SSSR count). The molecule has 0 aliphatic heterocycles. The second-order valence-electron chi connectivity index (χ2n) is 4.74. The van der Waals surface area contributed by atoms with E-state index in [1.807, 2.05) is 18.2 Å². The number of carbonyl (C=O) groups excluding carboxylic acids is 1. The Morgan fingerprint density at radius 2 is 2.12 bits per heavy atom. The Kier molecular flexibility index (Phi) is 2.39. The van der Waals surface area contributed by atoms with Gasteiger partial charge in [0.1, 0.15) is 0 Å². The topological polar surface area (TPSA) is 58.9 Å². The van der Waals surface area contributed by atoms with Crippen LogP contribution in [0.1, 0.15) is 41.3 Å². The molecule has 0 radical (unpaired) electrons. The second kappa shape index (κ2) is 3.91. The van der Waals surface area contributed by atoms with Crippen LogP contribution in [0.5, 0.6) is 0 Å². The molecule has 0 aromatic carbocycles. The van der Waals surface area contributed by atoms with E-state index < -0.39 is 0 Å². The van der Waals surface area contributed by atoms with Crippen LogP contribution in [0, 0.1) is 0 Å². The van der Waals surface area contributed by atoms with E-state index in [9.17, 15) is 4.79 Å². The standard InChI is InChI=1S/C14H16N2O/c15-14(17)11-7-2-1-6-10-9-5-3-4-8-12(9)16-13(10)11/h1-2,6-7,11,16H,3-5,8H2,(H2,15,17). The predicted octanol–water partition coefficient (Wildman–Crippen LogP) is 2.05. The number of rotatable bonds is 1. The van der Waals surface area contributed by atoms with Crippen molar-refractivity contribution in [2.75, 3.05) is 0 Å². The fourth-order valence-corrected chi connectivity index (χ4v) is 2.83. The molecule has 2 aliphatic rings. The molecule has 3 nitrogen and oxygen atoms in total. The zero-order valence-electron chi connectivity index (χ0n) is 9.70. The molecule has 0 saturated carbocycles. The Bertz CT molecular complexity index is 523. The summed E-state index contributed by atoms with van der Waals surface area (Å²) in [4.78, 5) is 14.9. The van der Waals surface area contributed by atoms with Crippen LogP contribution in [0.2, 0.25) is 0 Å². The van der Waals surface area contributed by atoms with Crippen LogP contribution in [0.3, 0.4) is 0 Å². The Hall–Kier alpha value is -1.77. The van der Waals surface area contributed by atoms with Crippen molar-refractivity contribution in [1.29, 1.82) is 0 Å². The van der Waals surface area contributed by atoms with E-state index in [0.717, 1.165) is 18.5 Å². The highest BCUT2D eigenvalue weighted by Crippen LogP contribution is 2.33. The van der Waals surface area contributed by atoms with Gasteiger partial charge in [0, 0.05) is 11.4 Å². The Balaban J connectivity index is 2.16. The number of carbonyl (C=O) groups is 1. The highest BCUT2D eigenvalue weighted by molar-refractivity contribution is 5.86. The van der Waals surface area contributed by atoms with Crippen LogP contribution in [0.15, 0.2) is 18.2 Å². The largest absolute Gasteiger partial charge is 0.369 e. The SMILES string of the molecule is NC(=O)C1C=CC=Cc2c1[nH]c1c2CCCC1. The lowest BCUT2D eigenvalue weighted by Crippen LogP contribution is -2.20. The number of amides is 1. The normalized spacial score (nSPS) is 21.8. The van der Waals surface area contributed by atoms with Gasteiger partial charge in [0.2, 0.25) is 5.91 Å². The van der Waals surface area contributed by atoms with Crippen molar-refractivity contribution in [2.45, 2.75) is 31.6 Å². The maximum atomic E-state index is 11.5. The number of H-pyrrole nitrogens is 1. The lowest BCUT2D eigenvalue weighted by Gasteiger charge is -2.11. The van der Waals surface area contributed by atoms with E-state index in [-0.39, 0.29) is 11.8 Å². The Morgan fingerprint density at radius 1 is 1.29 bits per heavy atom. The molecule has 3 N–H and O–H groups in total. The van der Waals surface area contributed by atoms with E-state index in [2.05, 4.69) is 11.1 Å². The summed E-state index contributed by atoms with van der Waals surface area (Å²) in [5.74, 6) is -0.601. The average molecular weight is 228 g/mol. The fourth-order valence-electron chi connectivity index (χ4n) is 2.83. The summed E-state index contributed by atoms with van der Waals surface area (Å²) in [5, 5.41) is 0. The summed E-state index contributed by atoms with van der Waals surface area (Å²) in [6.45, 7) is 0. The molecule has 3 heteroatoms. The van der Waals surface area contributed by atoms with Gasteiger partial charge < -0.3 is 10.7 Å². The predicted molar refractivity (Wildman–Crippen MR) is 67.5 cm³/mol. The van der Waals surface area contributed by atoms with Gasteiger partial charge in [-0.1, -0.05) is 24.3 Å². The summed E-state index contributed by atoms with van der Waals surface area (Å²) >= 11 is 0. The molecular weight excluding hydrogens is 212 g/mol. The number of aromatic amines is 1. The molecule has 0 fully saturated rings. The third-order valence-electron chi connectivity index (χ3n) is 3.66. The molecular formula is C14H16N2O. The number of nitrogens with two attached hydrogens (primary N) is 1. The third-order valence-corrected chi connectivity index (χ3v) is 3.66. The van der Waals surface area contributed by atoms with Gasteiger partial charge in [0.05, 0.1) is 5.92 Å². The maximum absolute atomic E-state index is 11.5. The van der Waals surface area contributed by atoms with Crippen LogP contribution in [0.4, 0.5) is 0 Å². The number of hydrogen-bond donors (Lipinski definition) is 2. The lowest BCUT2D eigenvalue weighted by atomic mass is 9.93. The van der Waals surface area contributed by atoms with Crippen molar-refractivity contribution in [3.63, 3.8) is 0 Å². The molecule has 1 aromatic rings. The molecule has 17 heavy (non-hydrogen) atoms. The van der Waals surface area contributed by atoms with Gasteiger partial charge in [-0.15, -0.1) is 0 Å². The van der Waals surface area contributed by atoms with Gasteiger partial charge in [-0.25, -0.2) is 0 Å². The number of nitrogens with one attached hydrogen (secondary N) is 1. The maximum Gasteiger partial charge on any atom is 0.230 e. The molecule has 0 spiro atoms. The van der Waals surface area contributed by atoms with Crippen molar-refractivity contribution in [1.82, 2.24) is 4.98 Å². The number of hydrogen-bond acceptors (Lipinski definition) is 1. The average Bonchev–Trinajstić information content (AvgIpc) is 2.54. The summed E-state index contributed by atoms with van der Waals surface area (Å²) in [6.07, 6.45) is 12.5. The van der Waals surface area contributed by atoms with Crippen molar-refractivity contribution >= 4 is 12.0 Å². The van der Waals surface area contributed by atoms with Crippen molar-refractivity contribution in [2.24, 2.45) is 5.73 Å². The number of primary amides is 1. The van der Waals surface area contributed by atoms with Crippen LogP contribution in [-0.4, -0.2) is 10.9 Å². The van der Waals surface area contributed by atoms with E-state index in [1.54, 1.807) is 0 Å². The highest BCUT2D eigenvalue weighted by Gasteiger charge is 2.25. The molecule has 0 bridgehead atoms. The summed E-state index contributed by atoms with van der Waals surface area (Å²) in [6, 6.07) is 0. The molecule has 0 saturated heterocycles. The number of allylic oxidation sites excluding steroid dienone is 2. The third kappa shape index (κ3) is 1.62. The Morgan fingerprint density at radius 3 is 2.94 bits per heavy atom. The van der Waals surface area contributed by atoms with Gasteiger partial charge >= 0.3 is 0 Å². The van der Waals surface area contributed by atoms with Gasteiger partial charge in [-0.05, 0) is 36.8 Å². The van der Waals surface area contributed by atoms with Crippen LogP contribution in [-0.2, 0) is 17.6 Å². The zero-order chi connectivity index (χ0) is 11.8. The summed E-state index contributed by atoms with van der Waals surface area (Å²) in [7, 11) is 0. The summed E-state index contributed by atoms with van der Waals surface area (Å²) in [5.41, 5.74) is 10.3. The zero-order valence-corrected chi connectivity index (χ0v) is 9.70. The highest BCUT2D eigenvalue weighted by atomic mass is 16.1. The van der Waals surface area contributed by atoms with Crippen LogP contribution in [0.25, 0.3) is 6.08 Å². The molecule has 2 aliphatic carbocycles. The molecule has 1 unspecified atom stereocenters. The fraction of sp³-hybridized carbons (Fsp3) is 0.357. The minimum atomic E-state index is -0.314. The van der Waals surface area contributed by atoms with Crippen molar-refractivity contribution in [3.8, 4) is 0 Å². The monoisotopic (exact) mass is 228 g/mol. The molecule has 88 valence electrons. The molecule has 1 heterocycles. The van der Waals surface area contributed by atoms with Gasteiger partial charge in [-0.2, -0.15) is 0 Å².